The van der Waals surface area contributed by atoms with Gasteiger partial charge in [-0.2, -0.15) is 0 Å². The summed E-state index contributed by atoms with van der Waals surface area (Å²) in [6, 6.07) is 6.09. The quantitative estimate of drug-likeness (QED) is 0.687. The van der Waals surface area contributed by atoms with E-state index in [0.29, 0.717) is 13.0 Å². The van der Waals surface area contributed by atoms with E-state index in [1.54, 1.807) is 0 Å². The van der Waals surface area contributed by atoms with Gasteiger partial charge in [0.1, 0.15) is 0 Å². The van der Waals surface area contributed by atoms with Crippen molar-refractivity contribution >= 4 is 23.2 Å². The summed E-state index contributed by atoms with van der Waals surface area (Å²) in [6.07, 6.45) is 1.36. The normalized spacial score (nSPS) is 12.6. The molecule has 1 unspecified atom stereocenters. The SMILES string of the molecule is CCC(C)N(Cc1cc(NC(=O)CC(C)(C)C)ccc1N(C)C)C(=O)C(C)C. The van der Waals surface area contributed by atoms with Gasteiger partial charge < -0.3 is 15.1 Å². The fourth-order valence-corrected chi connectivity index (χ4v) is 3.10. The highest BCUT2D eigenvalue weighted by Gasteiger charge is 2.23. The predicted octanol–water partition coefficient (Wildman–Crippen LogP) is 4.91. The average Bonchev–Trinajstić information content (AvgIpc) is 2.56. The number of hydrogen-bond acceptors (Lipinski definition) is 3. The Hall–Kier alpha value is -2.04. The standard InChI is InChI=1S/C23H39N3O2/c1-10-17(4)26(22(28)16(2)3)15-18-13-19(11-12-20(18)25(8)9)24-21(27)14-23(5,6)7/h11-13,16-17H,10,14-15H2,1-9H3,(H,24,27). The molecular weight excluding hydrogens is 350 g/mol. The van der Waals surface area contributed by atoms with Crippen molar-refractivity contribution in [3.8, 4) is 0 Å². The first-order valence-electron chi connectivity index (χ1n) is 10.3. The number of benzene rings is 1. The molecule has 0 heterocycles. The average molecular weight is 390 g/mol. The molecule has 0 saturated heterocycles. The molecule has 1 N–H and O–H groups in total. The minimum atomic E-state index is -0.0620. The lowest BCUT2D eigenvalue weighted by molar-refractivity contribution is -0.137. The number of nitrogens with one attached hydrogen (secondary N) is 1. The highest BCUT2D eigenvalue weighted by atomic mass is 16.2. The second-order valence-corrected chi connectivity index (χ2v) is 9.40. The molecule has 0 fully saturated rings. The van der Waals surface area contributed by atoms with Crippen LogP contribution < -0.4 is 10.2 Å². The largest absolute Gasteiger partial charge is 0.377 e. The fraction of sp³-hybridized carbons (Fsp3) is 0.652. The summed E-state index contributed by atoms with van der Waals surface area (Å²) in [5.41, 5.74) is 2.80. The van der Waals surface area contributed by atoms with E-state index in [0.717, 1.165) is 23.4 Å². The molecule has 5 nitrogen and oxygen atoms in total. The van der Waals surface area contributed by atoms with Crippen LogP contribution in [0.25, 0.3) is 0 Å². The minimum absolute atomic E-state index is 0.00749. The summed E-state index contributed by atoms with van der Waals surface area (Å²) < 4.78 is 0. The Labute approximate surface area is 171 Å². The van der Waals surface area contributed by atoms with Gasteiger partial charge >= 0.3 is 0 Å². The zero-order valence-electron chi connectivity index (χ0n) is 19.2. The summed E-state index contributed by atoms with van der Waals surface area (Å²) in [5, 5.41) is 3.01. The van der Waals surface area contributed by atoms with E-state index in [1.807, 2.05) is 55.9 Å². The van der Waals surface area contributed by atoms with Gasteiger partial charge in [-0.3, -0.25) is 9.59 Å². The lowest BCUT2D eigenvalue weighted by Gasteiger charge is -2.32. The topological polar surface area (TPSA) is 52.7 Å². The summed E-state index contributed by atoms with van der Waals surface area (Å²) in [4.78, 5) is 29.1. The van der Waals surface area contributed by atoms with Gasteiger partial charge in [-0.1, -0.05) is 41.5 Å². The molecule has 0 spiro atoms. The maximum atomic E-state index is 12.8. The smallest absolute Gasteiger partial charge is 0.225 e. The molecule has 158 valence electrons. The Kier molecular flexibility index (Phi) is 8.52. The van der Waals surface area contributed by atoms with E-state index in [2.05, 4.69) is 39.9 Å². The number of carbonyl (C=O) groups is 2. The van der Waals surface area contributed by atoms with Crippen molar-refractivity contribution in [2.75, 3.05) is 24.3 Å². The molecule has 0 aliphatic carbocycles. The molecule has 0 aliphatic heterocycles. The van der Waals surface area contributed by atoms with Gasteiger partial charge in [0.2, 0.25) is 11.8 Å². The molecule has 1 aromatic carbocycles. The third kappa shape index (κ3) is 7.17. The Balaban J connectivity index is 3.19. The third-order valence-electron chi connectivity index (χ3n) is 4.78. The van der Waals surface area contributed by atoms with Crippen molar-refractivity contribution in [3.63, 3.8) is 0 Å². The van der Waals surface area contributed by atoms with Crippen molar-refractivity contribution < 1.29 is 9.59 Å². The molecule has 1 rings (SSSR count). The Bertz CT molecular complexity index is 675. The maximum absolute atomic E-state index is 12.8. The van der Waals surface area contributed by atoms with Crippen LogP contribution in [-0.4, -0.2) is 36.9 Å². The summed E-state index contributed by atoms with van der Waals surface area (Å²) >= 11 is 0. The molecule has 2 amide bonds. The van der Waals surface area contributed by atoms with Gasteiger partial charge in [-0.25, -0.2) is 0 Å². The number of rotatable bonds is 8. The number of anilines is 2. The first-order valence-corrected chi connectivity index (χ1v) is 10.3. The minimum Gasteiger partial charge on any atom is -0.377 e. The van der Waals surface area contributed by atoms with Crippen molar-refractivity contribution in [2.45, 2.75) is 73.9 Å². The molecule has 0 saturated carbocycles. The van der Waals surface area contributed by atoms with Gasteiger partial charge in [0.15, 0.2) is 0 Å². The summed E-state index contributed by atoms with van der Waals surface area (Å²) in [6.45, 7) is 14.7. The monoisotopic (exact) mass is 389 g/mol. The second-order valence-electron chi connectivity index (χ2n) is 9.40. The van der Waals surface area contributed by atoms with Crippen molar-refractivity contribution in [2.24, 2.45) is 11.3 Å². The Morgan fingerprint density at radius 3 is 2.18 bits per heavy atom. The third-order valence-corrected chi connectivity index (χ3v) is 4.78. The first-order chi connectivity index (χ1) is 12.9. The second kappa shape index (κ2) is 9.94. The van der Waals surface area contributed by atoms with E-state index >= 15 is 0 Å². The van der Waals surface area contributed by atoms with E-state index < -0.39 is 0 Å². The number of hydrogen-bond donors (Lipinski definition) is 1. The van der Waals surface area contributed by atoms with Crippen LogP contribution in [-0.2, 0) is 16.1 Å². The molecule has 0 radical (unpaired) electrons. The lowest BCUT2D eigenvalue weighted by Crippen LogP contribution is -2.40. The first kappa shape index (κ1) is 24.0. The van der Waals surface area contributed by atoms with E-state index in [-0.39, 0.29) is 29.2 Å². The maximum Gasteiger partial charge on any atom is 0.225 e. The molecule has 28 heavy (non-hydrogen) atoms. The van der Waals surface area contributed by atoms with Crippen LogP contribution in [0.5, 0.6) is 0 Å². The number of amides is 2. The van der Waals surface area contributed by atoms with Crippen LogP contribution in [0.4, 0.5) is 11.4 Å². The zero-order chi connectivity index (χ0) is 21.6. The van der Waals surface area contributed by atoms with Crippen LogP contribution in [0.2, 0.25) is 0 Å². The molecule has 0 aliphatic rings. The predicted molar refractivity (Wildman–Crippen MR) is 119 cm³/mol. The highest BCUT2D eigenvalue weighted by Crippen LogP contribution is 2.27. The van der Waals surface area contributed by atoms with Crippen LogP contribution in [0.3, 0.4) is 0 Å². The molecule has 5 heteroatoms. The molecular formula is C23H39N3O2. The molecule has 1 atom stereocenters. The molecule has 0 aromatic heterocycles. The van der Waals surface area contributed by atoms with E-state index in [9.17, 15) is 9.59 Å². The van der Waals surface area contributed by atoms with Crippen LogP contribution in [0.1, 0.15) is 66.9 Å². The van der Waals surface area contributed by atoms with Gasteiger partial charge in [0.25, 0.3) is 0 Å². The highest BCUT2D eigenvalue weighted by molar-refractivity contribution is 5.91. The lowest BCUT2D eigenvalue weighted by atomic mass is 9.92. The molecule has 1 aromatic rings. The number of nitrogens with zero attached hydrogens (tertiary/aromatic N) is 2. The fourth-order valence-electron chi connectivity index (χ4n) is 3.10. The van der Waals surface area contributed by atoms with Gasteiger partial charge in [-0.15, -0.1) is 0 Å². The molecule has 0 bridgehead atoms. The zero-order valence-corrected chi connectivity index (χ0v) is 19.2. The van der Waals surface area contributed by atoms with Crippen molar-refractivity contribution in [1.82, 2.24) is 4.90 Å². The number of carbonyl (C=O) groups excluding carboxylic acids is 2. The van der Waals surface area contributed by atoms with Crippen molar-refractivity contribution in [1.29, 1.82) is 0 Å². The summed E-state index contributed by atoms with van der Waals surface area (Å²) in [7, 11) is 3.99. The Morgan fingerprint density at radius 2 is 1.71 bits per heavy atom. The van der Waals surface area contributed by atoms with Crippen LogP contribution in [0, 0.1) is 11.3 Å². The van der Waals surface area contributed by atoms with Crippen LogP contribution in [0.15, 0.2) is 18.2 Å². The van der Waals surface area contributed by atoms with Gasteiger partial charge in [0.05, 0.1) is 0 Å². The van der Waals surface area contributed by atoms with E-state index in [1.165, 1.54) is 0 Å². The van der Waals surface area contributed by atoms with Gasteiger partial charge in [-0.05, 0) is 42.5 Å². The van der Waals surface area contributed by atoms with Crippen LogP contribution >= 0.6 is 0 Å². The van der Waals surface area contributed by atoms with E-state index in [4.69, 9.17) is 0 Å². The van der Waals surface area contributed by atoms with Crippen molar-refractivity contribution in [3.05, 3.63) is 23.8 Å². The Morgan fingerprint density at radius 1 is 1.11 bits per heavy atom. The summed E-state index contributed by atoms with van der Waals surface area (Å²) in [5.74, 6) is 0.112. The van der Waals surface area contributed by atoms with Gasteiger partial charge in [0, 0.05) is 50.4 Å².